The molecule has 0 heterocycles. The summed E-state index contributed by atoms with van der Waals surface area (Å²) in [7, 11) is 0. The van der Waals surface area contributed by atoms with E-state index in [2.05, 4.69) is 13.5 Å². The maximum Gasteiger partial charge on any atom is 0.331 e. The molecule has 3 heteroatoms. The van der Waals surface area contributed by atoms with E-state index in [1.807, 2.05) is 0 Å². The fourth-order valence-electron chi connectivity index (χ4n) is 1.53. The second-order valence-corrected chi connectivity index (χ2v) is 4.42. The molecule has 0 saturated carbocycles. The van der Waals surface area contributed by atoms with Gasteiger partial charge in [-0.2, -0.15) is 0 Å². The minimum Gasteiger partial charge on any atom is -0.478 e. The molecule has 0 atom stereocenters. The minimum absolute atomic E-state index is 0.281. The summed E-state index contributed by atoms with van der Waals surface area (Å²) in [6.45, 7) is 5.65. The molecule has 0 rings (SSSR count). The molecule has 0 aliphatic heterocycles. The summed E-state index contributed by atoms with van der Waals surface area (Å²) in [6, 6.07) is 0. The maximum absolute atomic E-state index is 10.8. The van der Waals surface area contributed by atoms with Crippen molar-refractivity contribution in [2.24, 2.45) is 0 Å². The molecule has 0 aromatic heterocycles. The van der Waals surface area contributed by atoms with Crippen molar-refractivity contribution in [1.29, 1.82) is 0 Å². The summed E-state index contributed by atoms with van der Waals surface area (Å²) < 4.78 is 0. The van der Waals surface area contributed by atoms with Crippen LogP contribution in [0, 0.1) is 0 Å². The van der Waals surface area contributed by atoms with Crippen molar-refractivity contribution in [3.63, 3.8) is 0 Å². The zero-order chi connectivity index (χ0) is 12.4. The lowest BCUT2D eigenvalue weighted by Gasteiger charge is -2.02. The lowest BCUT2D eigenvalue weighted by molar-refractivity contribution is -0.132. The van der Waals surface area contributed by atoms with Gasteiger partial charge in [-0.15, -0.1) is 0 Å². The molecule has 0 aromatic carbocycles. The number of unbranched alkanes of at least 4 members (excludes halogenated alkanes) is 5. The van der Waals surface area contributed by atoms with Crippen LogP contribution in [0.4, 0.5) is 0 Å². The first-order chi connectivity index (χ1) is 7.57. The third-order valence-electron chi connectivity index (χ3n) is 2.41. The minimum atomic E-state index is -0.893. The number of allylic oxidation sites excluding steroid dienone is 2. The van der Waals surface area contributed by atoms with E-state index in [9.17, 15) is 4.79 Å². The Balaban J connectivity index is 3.78. The maximum atomic E-state index is 10.8. The predicted octanol–water partition coefficient (Wildman–Crippen LogP) is 4.50. The van der Waals surface area contributed by atoms with Crippen molar-refractivity contribution in [2.75, 3.05) is 0 Å². The van der Waals surface area contributed by atoms with Crippen LogP contribution in [-0.2, 0) is 4.79 Å². The Bertz CT molecular complexity index is 257. The van der Waals surface area contributed by atoms with E-state index in [-0.39, 0.29) is 5.03 Å². The smallest absolute Gasteiger partial charge is 0.331 e. The van der Waals surface area contributed by atoms with E-state index in [0.717, 1.165) is 12.8 Å². The molecule has 0 saturated heterocycles. The van der Waals surface area contributed by atoms with Gasteiger partial charge in [-0.3, -0.25) is 0 Å². The molecule has 16 heavy (non-hydrogen) atoms. The Morgan fingerprint density at radius 1 is 1.25 bits per heavy atom. The van der Waals surface area contributed by atoms with Crippen LogP contribution >= 0.6 is 11.6 Å². The van der Waals surface area contributed by atoms with Gasteiger partial charge >= 0.3 is 5.97 Å². The molecule has 0 spiro atoms. The van der Waals surface area contributed by atoms with Gasteiger partial charge in [0.05, 0.1) is 0 Å². The highest BCUT2D eigenvalue weighted by molar-refractivity contribution is 6.31. The summed E-state index contributed by atoms with van der Waals surface area (Å²) in [6.07, 6.45) is 8.92. The van der Waals surface area contributed by atoms with Crippen LogP contribution in [-0.4, -0.2) is 11.1 Å². The number of aliphatic carboxylic acids is 1. The van der Waals surface area contributed by atoms with Crippen LogP contribution in [0.25, 0.3) is 0 Å². The molecule has 0 amide bonds. The summed E-state index contributed by atoms with van der Waals surface area (Å²) in [4.78, 5) is 10.8. The standard InChI is InChI=1S/C13H21ClO2/c1-3-4-5-6-7-8-9-12(13(15)16)10-11(2)14/h10H,2-9H2,1H3,(H,15,16). The van der Waals surface area contributed by atoms with Crippen molar-refractivity contribution < 1.29 is 9.90 Å². The first-order valence-electron chi connectivity index (χ1n) is 5.86. The van der Waals surface area contributed by atoms with Crippen LogP contribution in [0.15, 0.2) is 23.3 Å². The van der Waals surface area contributed by atoms with Crippen LogP contribution in [0.5, 0.6) is 0 Å². The van der Waals surface area contributed by atoms with Crippen molar-refractivity contribution >= 4 is 17.6 Å². The molecular weight excluding hydrogens is 224 g/mol. The molecule has 0 aliphatic rings. The summed E-state index contributed by atoms with van der Waals surface area (Å²) >= 11 is 5.56. The highest BCUT2D eigenvalue weighted by Gasteiger charge is 2.06. The molecule has 0 radical (unpaired) electrons. The van der Waals surface area contributed by atoms with Gasteiger partial charge in [0.2, 0.25) is 0 Å². The Morgan fingerprint density at radius 2 is 1.81 bits per heavy atom. The largest absolute Gasteiger partial charge is 0.478 e. The molecule has 0 aliphatic carbocycles. The molecule has 0 unspecified atom stereocenters. The number of hydrogen-bond acceptors (Lipinski definition) is 1. The SMILES string of the molecule is C=C(Cl)C=C(CCCCCCCC)C(=O)O. The van der Waals surface area contributed by atoms with E-state index >= 15 is 0 Å². The Morgan fingerprint density at radius 3 is 2.31 bits per heavy atom. The van der Waals surface area contributed by atoms with Gasteiger partial charge < -0.3 is 5.11 Å². The van der Waals surface area contributed by atoms with Crippen LogP contribution in [0.2, 0.25) is 0 Å². The van der Waals surface area contributed by atoms with Gasteiger partial charge in [0.15, 0.2) is 0 Å². The molecular formula is C13H21ClO2. The topological polar surface area (TPSA) is 37.3 Å². The summed E-state index contributed by atoms with van der Waals surface area (Å²) in [5, 5.41) is 9.18. The molecule has 0 bridgehead atoms. The number of halogens is 1. The Kier molecular flexibility index (Phi) is 9.02. The summed E-state index contributed by atoms with van der Waals surface area (Å²) in [5.41, 5.74) is 0.357. The number of hydrogen-bond donors (Lipinski definition) is 1. The number of carbonyl (C=O) groups is 1. The zero-order valence-electron chi connectivity index (χ0n) is 9.97. The van der Waals surface area contributed by atoms with E-state index in [0.29, 0.717) is 12.0 Å². The fraction of sp³-hybridized carbons (Fsp3) is 0.615. The van der Waals surface area contributed by atoms with Gasteiger partial charge in [0.1, 0.15) is 0 Å². The number of carboxylic acids is 1. The van der Waals surface area contributed by atoms with Crippen molar-refractivity contribution in [1.82, 2.24) is 0 Å². The molecule has 0 fully saturated rings. The normalized spacial score (nSPS) is 11.5. The van der Waals surface area contributed by atoms with E-state index in [4.69, 9.17) is 16.7 Å². The number of carboxylic acid groups (broad SMARTS) is 1. The van der Waals surface area contributed by atoms with E-state index in [1.54, 1.807) is 0 Å². The van der Waals surface area contributed by atoms with Crippen LogP contribution in [0.3, 0.4) is 0 Å². The third kappa shape index (κ3) is 8.54. The number of rotatable bonds is 9. The van der Waals surface area contributed by atoms with Crippen molar-refractivity contribution in [2.45, 2.75) is 51.9 Å². The first kappa shape index (κ1) is 15.2. The lowest BCUT2D eigenvalue weighted by Crippen LogP contribution is -2.00. The summed E-state index contributed by atoms with van der Waals surface area (Å²) in [5.74, 6) is -0.893. The first-order valence-corrected chi connectivity index (χ1v) is 6.24. The van der Waals surface area contributed by atoms with Gasteiger partial charge in [-0.25, -0.2) is 4.79 Å². The van der Waals surface area contributed by atoms with Gasteiger partial charge in [0.25, 0.3) is 0 Å². The van der Waals surface area contributed by atoms with Gasteiger partial charge in [-0.05, 0) is 18.9 Å². The quantitative estimate of drug-likeness (QED) is 0.368. The van der Waals surface area contributed by atoms with Crippen LogP contribution in [0.1, 0.15) is 51.9 Å². The van der Waals surface area contributed by atoms with Crippen LogP contribution < -0.4 is 0 Å². The Labute approximate surface area is 103 Å². The lowest BCUT2D eigenvalue weighted by atomic mass is 10.0. The monoisotopic (exact) mass is 244 g/mol. The average molecular weight is 245 g/mol. The highest BCUT2D eigenvalue weighted by Crippen LogP contribution is 2.14. The van der Waals surface area contributed by atoms with E-state index in [1.165, 1.54) is 31.8 Å². The molecule has 1 N–H and O–H groups in total. The molecule has 0 aromatic rings. The van der Waals surface area contributed by atoms with E-state index < -0.39 is 5.97 Å². The van der Waals surface area contributed by atoms with Crippen molar-refractivity contribution in [3.8, 4) is 0 Å². The highest BCUT2D eigenvalue weighted by atomic mass is 35.5. The third-order valence-corrected chi connectivity index (χ3v) is 2.51. The molecule has 2 nitrogen and oxygen atoms in total. The van der Waals surface area contributed by atoms with Gasteiger partial charge in [-0.1, -0.05) is 57.2 Å². The van der Waals surface area contributed by atoms with Gasteiger partial charge in [0, 0.05) is 10.6 Å². The Hall–Kier alpha value is -0.760. The second-order valence-electron chi connectivity index (χ2n) is 3.94. The van der Waals surface area contributed by atoms with Crippen molar-refractivity contribution in [3.05, 3.63) is 23.3 Å². The second kappa shape index (κ2) is 9.46. The predicted molar refractivity (Wildman–Crippen MR) is 68.7 cm³/mol. The molecule has 92 valence electrons. The zero-order valence-corrected chi connectivity index (χ0v) is 10.7. The average Bonchev–Trinajstić information content (AvgIpc) is 2.20. The fourth-order valence-corrected chi connectivity index (χ4v) is 1.66.